The molecule has 0 spiro atoms. The molecule has 0 saturated carbocycles. The van der Waals surface area contributed by atoms with Crippen LogP contribution in [0.5, 0.6) is 0 Å². The van der Waals surface area contributed by atoms with Gasteiger partial charge in [0.15, 0.2) is 0 Å². The number of rotatable bonds is 4. The molecule has 0 heteroatoms. The number of fused-ring (bicyclic) bond motifs is 3. The predicted molar refractivity (Wildman–Crippen MR) is 163 cm³/mol. The van der Waals surface area contributed by atoms with Crippen molar-refractivity contribution in [3.63, 3.8) is 0 Å². The quantitative estimate of drug-likeness (QED) is 0.173. The van der Waals surface area contributed by atoms with Crippen molar-refractivity contribution in [1.82, 2.24) is 0 Å². The zero-order valence-electron chi connectivity index (χ0n) is 21.0. The van der Waals surface area contributed by atoms with Gasteiger partial charge in [0, 0.05) is 0 Å². The second kappa shape index (κ2) is 9.50. The van der Waals surface area contributed by atoms with Crippen molar-refractivity contribution in [2.24, 2.45) is 0 Å². The number of hydrogen-bond donors (Lipinski definition) is 0. The lowest BCUT2D eigenvalue weighted by atomic mass is 9.83. The van der Waals surface area contributed by atoms with E-state index in [4.69, 9.17) is 0 Å². The van der Waals surface area contributed by atoms with Gasteiger partial charge in [-0.3, -0.25) is 0 Å². The lowest BCUT2D eigenvalue weighted by Crippen LogP contribution is -1.98. The lowest BCUT2D eigenvalue weighted by molar-refractivity contribution is 1.51. The fourth-order valence-electron chi connectivity index (χ4n) is 5.64. The Kier molecular flexibility index (Phi) is 5.57. The van der Waals surface area contributed by atoms with Crippen LogP contribution in [0.3, 0.4) is 0 Å². The van der Waals surface area contributed by atoms with Gasteiger partial charge in [0.2, 0.25) is 0 Å². The van der Waals surface area contributed by atoms with Gasteiger partial charge in [-0.05, 0) is 90.0 Å². The second-order valence-corrected chi connectivity index (χ2v) is 9.77. The summed E-state index contributed by atoms with van der Waals surface area (Å²) in [6.07, 6.45) is 0. The molecule has 178 valence electrons. The zero-order chi connectivity index (χ0) is 25.3. The van der Waals surface area contributed by atoms with E-state index in [1.807, 2.05) is 0 Å². The maximum atomic E-state index is 2.38. The molecule has 0 radical (unpaired) electrons. The molecule has 0 bridgehead atoms. The van der Waals surface area contributed by atoms with Crippen molar-refractivity contribution in [2.75, 3.05) is 0 Å². The van der Waals surface area contributed by atoms with Crippen molar-refractivity contribution in [2.45, 2.75) is 0 Å². The Labute approximate surface area is 223 Å². The minimum atomic E-state index is 1.21. The van der Waals surface area contributed by atoms with Crippen LogP contribution in [0.4, 0.5) is 0 Å². The van der Waals surface area contributed by atoms with Gasteiger partial charge in [-0.1, -0.05) is 133 Å². The lowest BCUT2D eigenvalue weighted by Gasteiger charge is -2.20. The molecule has 0 aliphatic carbocycles. The minimum Gasteiger partial charge on any atom is -0.0622 e. The Balaban J connectivity index is 1.61. The molecule has 0 aliphatic heterocycles. The van der Waals surface area contributed by atoms with Crippen molar-refractivity contribution in [1.29, 1.82) is 0 Å². The first-order valence-corrected chi connectivity index (χ1v) is 13.1. The first-order valence-electron chi connectivity index (χ1n) is 13.1. The van der Waals surface area contributed by atoms with E-state index in [0.29, 0.717) is 0 Å². The van der Waals surface area contributed by atoms with Crippen molar-refractivity contribution in [3.05, 3.63) is 180 Å². The Morgan fingerprint density at radius 2 is 0.711 bits per heavy atom. The number of benzene rings is 7. The van der Waals surface area contributed by atoms with Crippen LogP contribution >= 0.6 is 0 Å². The molecule has 7 rings (SSSR count). The van der Waals surface area contributed by atoms with E-state index in [-0.39, 0.29) is 0 Å². The molecule has 0 amide bonds. The average molecular weight is 483 g/mol. The van der Waals surface area contributed by atoms with Crippen LogP contribution in [0, 0.1) is 0 Å². The Bertz CT molecular complexity index is 1890. The standard InChI is InChI=1S/C38H26/c1-4-13-27(14-5-1)37(28-15-6-2-7-16-28)38(29-17-8-3-9-18-29)35-22-12-21-32-25-33-23-30-19-10-11-20-31(30)24-34(33)26-36(32)35/h1-26H. The molecule has 7 aromatic carbocycles. The SMILES string of the molecule is c1ccc(C(=C(c2ccccc2)c2cccc3cc4cc5ccccc5cc4cc23)c2ccccc2)cc1. The summed E-state index contributed by atoms with van der Waals surface area (Å²) in [6, 6.07) is 57.1. The highest BCUT2D eigenvalue weighted by Crippen LogP contribution is 2.40. The summed E-state index contributed by atoms with van der Waals surface area (Å²) >= 11 is 0. The topological polar surface area (TPSA) is 0 Å². The molecule has 0 heterocycles. The fourth-order valence-corrected chi connectivity index (χ4v) is 5.64. The second-order valence-electron chi connectivity index (χ2n) is 9.77. The third kappa shape index (κ3) is 3.97. The van der Waals surface area contributed by atoms with Crippen LogP contribution in [0.1, 0.15) is 22.3 Å². The molecule has 0 aliphatic rings. The highest BCUT2D eigenvalue weighted by atomic mass is 14.2. The molecule has 0 nitrogen and oxygen atoms in total. The average Bonchev–Trinajstić information content (AvgIpc) is 2.99. The van der Waals surface area contributed by atoms with Gasteiger partial charge in [0.05, 0.1) is 0 Å². The zero-order valence-corrected chi connectivity index (χ0v) is 21.0. The number of hydrogen-bond acceptors (Lipinski definition) is 0. The van der Waals surface area contributed by atoms with Crippen molar-refractivity contribution in [3.8, 4) is 0 Å². The smallest absolute Gasteiger partial charge is 0.00206 e. The predicted octanol–water partition coefficient (Wildman–Crippen LogP) is 10.2. The normalized spacial score (nSPS) is 11.2. The summed E-state index contributed by atoms with van der Waals surface area (Å²) in [5.74, 6) is 0. The summed E-state index contributed by atoms with van der Waals surface area (Å²) < 4.78 is 0. The molecule has 0 atom stereocenters. The van der Waals surface area contributed by atoms with E-state index in [1.165, 1.54) is 65.7 Å². The highest BCUT2D eigenvalue weighted by Gasteiger charge is 2.18. The maximum absolute atomic E-state index is 2.38. The minimum absolute atomic E-state index is 1.21. The van der Waals surface area contributed by atoms with Crippen LogP contribution in [0.2, 0.25) is 0 Å². The molecular weight excluding hydrogens is 456 g/mol. The molecule has 0 saturated heterocycles. The van der Waals surface area contributed by atoms with E-state index >= 15 is 0 Å². The molecule has 0 N–H and O–H groups in total. The summed E-state index contributed by atoms with van der Waals surface area (Å²) in [7, 11) is 0. The largest absolute Gasteiger partial charge is 0.0622 e. The van der Waals surface area contributed by atoms with E-state index in [0.717, 1.165) is 0 Å². The molecule has 7 aromatic rings. The van der Waals surface area contributed by atoms with Crippen LogP contribution in [0.25, 0.3) is 43.5 Å². The van der Waals surface area contributed by atoms with Gasteiger partial charge in [-0.25, -0.2) is 0 Å². The Hall–Kier alpha value is -4.94. The van der Waals surface area contributed by atoms with E-state index in [2.05, 4.69) is 158 Å². The Morgan fingerprint density at radius 3 is 1.26 bits per heavy atom. The van der Waals surface area contributed by atoms with Crippen LogP contribution in [-0.2, 0) is 0 Å². The molecule has 38 heavy (non-hydrogen) atoms. The van der Waals surface area contributed by atoms with E-state index in [1.54, 1.807) is 0 Å². The van der Waals surface area contributed by atoms with E-state index in [9.17, 15) is 0 Å². The van der Waals surface area contributed by atoms with Crippen LogP contribution in [0.15, 0.2) is 158 Å². The monoisotopic (exact) mass is 482 g/mol. The van der Waals surface area contributed by atoms with Gasteiger partial charge in [0.25, 0.3) is 0 Å². The van der Waals surface area contributed by atoms with Crippen LogP contribution in [-0.4, -0.2) is 0 Å². The Morgan fingerprint density at radius 1 is 0.289 bits per heavy atom. The van der Waals surface area contributed by atoms with Gasteiger partial charge >= 0.3 is 0 Å². The third-order valence-electron chi connectivity index (χ3n) is 7.41. The van der Waals surface area contributed by atoms with Crippen LogP contribution < -0.4 is 0 Å². The van der Waals surface area contributed by atoms with Gasteiger partial charge < -0.3 is 0 Å². The summed E-state index contributed by atoms with van der Waals surface area (Å²) in [6.45, 7) is 0. The summed E-state index contributed by atoms with van der Waals surface area (Å²) in [5.41, 5.74) is 7.35. The summed E-state index contributed by atoms with van der Waals surface area (Å²) in [4.78, 5) is 0. The maximum Gasteiger partial charge on any atom is -0.00206 e. The molecule has 0 unspecified atom stereocenters. The van der Waals surface area contributed by atoms with Gasteiger partial charge in [-0.15, -0.1) is 0 Å². The molecule has 0 fully saturated rings. The fraction of sp³-hybridized carbons (Fsp3) is 0. The van der Waals surface area contributed by atoms with Crippen molar-refractivity contribution >= 4 is 43.5 Å². The molecular formula is C38H26. The third-order valence-corrected chi connectivity index (χ3v) is 7.41. The van der Waals surface area contributed by atoms with Gasteiger partial charge in [-0.2, -0.15) is 0 Å². The first-order chi connectivity index (χ1) is 18.8. The van der Waals surface area contributed by atoms with Crippen molar-refractivity contribution < 1.29 is 0 Å². The molecule has 0 aromatic heterocycles. The summed E-state index contributed by atoms with van der Waals surface area (Å²) in [5, 5.41) is 7.58. The van der Waals surface area contributed by atoms with E-state index < -0.39 is 0 Å². The van der Waals surface area contributed by atoms with Gasteiger partial charge in [0.1, 0.15) is 0 Å². The first kappa shape index (κ1) is 22.3. The highest BCUT2D eigenvalue weighted by molar-refractivity contribution is 6.13.